The summed E-state index contributed by atoms with van der Waals surface area (Å²) < 4.78 is 6.43. The highest BCUT2D eigenvalue weighted by Gasteiger charge is 2.30. The quantitative estimate of drug-likeness (QED) is 0.729. The zero-order valence-corrected chi connectivity index (χ0v) is 12.9. The number of ether oxygens (including phenoxy) is 1. The topological polar surface area (TPSA) is 26.3 Å². The Morgan fingerprint density at radius 1 is 1.33 bits per heavy atom. The molecule has 1 rings (SSSR count). The Kier molecular flexibility index (Phi) is 5.86. The minimum atomic E-state index is -0.336. The number of carbonyl (C=O) groups is 1. The maximum atomic E-state index is 12.0. The summed E-state index contributed by atoms with van der Waals surface area (Å²) in [6.45, 7) is 6.47. The molecule has 0 N–H and O–H groups in total. The molecule has 0 saturated carbocycles. The monoisotopic (exact) mass is 312 g/mol. The third-order valence-corrected chi connectivity index (χ3v) is 4.06. The van der Waals surface area contributed by atoms with E-state index < -0.39 is 0 Å². The first-order valence-electron chi connectivity index (χ1n) is 6.43. The van der Waals surface area contributed by atoms with Crippen LogP contribution >= 0.6 is 15.9 Å². The highest BCUT2D eigenvalue weighted by Crippen LogP contribution is 2.27. The van der Waals surface area contributed by atoms with Crippen molar-refractivity contribution >= 4 is 21.9 Å². The number of rotatable bonds is 6. The van der Waals surface area contributed by atoms with Crippen molar-refractivity contribution in [3.8, 4) is 0 Å². The molecule has 0 heterocycles. The normalized spacial score (nSPS) is 11.3. The van der Waals surface area contributed by atoms with Gasteiger partial charge in [0, 0.05) is 10.9 Å². The lowest BCUT2D eigenvalue weighted by Gasteiger charge is -2.24. The molecule has 0 amide bonds. The van der Waals surface area contributed by atoms with E-state index in [-0.39, 0.29) is 11.4 Å². The van der Waals surface area contributed by atoms with Crippen LogP contribution < -0.4 is 0 Å². The highest BCUT2D eigenvalue weighted by atomic mass is 79.9. The van der Waals surface area contributed by atoms with Crippen LogP contribution in [0.1, 0.15) is 39.2 Å². The van der Waals surface area contributed by atoms with Crippen LogP contribution in [-0.2, 0) is 16.0 Å². The predicted molar refractivity (Wildman–Crippen MR) is 77.5 cm³/mol. The Bertz CT molecular complexity index is 397. The van der Waals surface area contributed by atoms with E-state index in [9.17, 15) is 4.79 Å². The molecule has 0 aliphatic carbocycles. The number of hydrogen-bond donors (Lipinski definition) is 0. The van der Waals surface area contributed by atoms with Crippen molar-refractivity contribution in [3.63, 3.8) is 0 Å². The highest BCUT2D eigenvalue weighted by molar-refractivity contribution is 9.10. The summed E-state index contributed by atoms with van der Waals surface area (Å²) in [5.74, 6) is -0.0810. The molecule has 0 atom stereocenters. The third-order valence-electron chi connectivity index (χ3n) is 3.57. The molecule has 1 aromatic rings. The van der Waals surface area contributed by atoms with Gasteiger partial charge in [-0.15, -0.1) is 0 Å². The van der Waals surface area contributed by atoms with Crippen molar-refractivity contribution in [2.75, 3.05) is 6.61 Å². The summed E-state index contributed by atoms with van der Waals surface area (Å²) in [6.07, 6.45) is 2.40. The first-order valence-corrected chi connectivity index (χ1v) is 7.23. The average molecular weight is 313 g/mol. The van der Waals surface area contributed by atoms with E-state index in [0.717, 1.165) is 23.7 Å². The van der Waals surface area contributed by atoms with Crippen molar-refractivity contribution in [1.82, 2.24) is 0 Å². The number of halogens is 1. The number of hydrogen-bond acceptors (Lipinski definition) is 2. The molecular weight excluding hydrogens is 292 g/mol. The van der Waals surface area contributed by atoms with E-state index in [1.807, 2.05) is 45.0 Å². The van der Waals surface area contributed by atoms with Gasteiger partial charge in [0.15, 0.2) is 0 Å². The maximum absolute atomic E-state index is 12.0. The number of esters is 1. The van der Waals surface area contributed by atoms with E-state index >= 15 is 0 Å². The van der Waals surface area contributed by atoms with Gasteiger partial charge in [0.05, 0.1) is 12.0 Å². The summed E-state index contributed by atoms with van der Waals surface area (Å²) >= 11 is 3.43. The van der Waals surface area contributed by atoms with Gasteiger partial charge in [-0.1, -0.05) is 41.9 Å². The molecule has 0 aliphatic rings. The Balaban J connectivity index is 2.45. The molecular formula is C15H21BrO2. The van der Waals surface area contributed by atoms with Crippen LogP contribution in [0.2, 0.25) is 0 Å². The fourth-order valence-corrected chi connectivity index (χ4v) is 2.11. The molecule has 1 aromatic carbocycles. The van der Waals surface area contributed by atoms with Crippen molar-refractivity contribution in [1.29, 1.82) is 0 Å². The van der Waals surface area contributed by atoms with Gasteiger partial charge in [0.2, 0.25) is 0 Å². The van der Waals surface area contributed by atoms with Crippen molar-refractivity contribution < 1.29 is 9.53 Å². The molecule has 0 aliphatic heterocycles. The third kappa shape index (κ3) is 4.13. The van der Waals surface area contributed by atoms with Crippen LogP contribution in [0.15, 0.2) is 28.7 Å². The second-order valence-corrected chi connectivity index (χ2v) is 5.70. The second kappa shape index (κ2) is 6.93. The Labute approximate surface area is 118 Å². The lowest BCUT2D eigenvalue weighted by molar-refractivity contribution is -0.155. The summed E-state index contributed by atoms with van der Waals surface area (Å²) in [6, 6.07) is 8.06. The van der Waals surface area contributed by atoms with E-state index in [0.29, 0.717) is 6.61 Å². The summed E-state index contributed by atoms with van der Waals surface area (Å²) in [5, 5.41) is 0. The first-order chi connectivity index (χ1) is 8.51. The first kappa shape index (κ1) is 15.2. The molecule has 100 valence electrons. The van der Waals surface area contributed by atoms with Crippen LogP contribution in [0.3, 0.4) is 0 Å². The predicted octanol–water partition coefficient (Wildman–Crippen LogP) is 4.36. The Morgan fingerprint density at radius 2 is 2.00 bits per heavy atom. The van der Waals surface area contributed by atoms with Gasteiger partial charge in [-0.05, 0) is 37.5 Å². The van der Waals surface area contributed by atoms with Gasteiger partial charge in [-0.25, -0.2) is 0 Å². The van der Waals surface area contributed by atoms with Crippen LogP contribution in [0.25, 0.3) is 0 Å². The fraction of sp³-hybridized carbons (Fsp3) is 0.533. The minimum Gasteiger partial charge on any atom is -0.465 e. The largest absolute Gasteiger partial charge is 0.465 e. The molecule has 3 heteroatoms. The second-order valence-electron chi connectivity index (χ2n) is 4.78. The van der Waals surface area contributed by atoms with Crippen LogP contribution in [0.5, 0.6) is 0 Å². The van der Waals surface area contributed by atoms with Crippen molar-refractivity contribution in [2.24, 2.45) is 5.41 Å². The van der Waals surface area contributed by atoms with Gasteiger partial charge in [0.25, 0.3) is 0 Å². The molecule has 2 nitrogen and oxygen atoms in total. The maximum Gasteiger partial charge on any atom is 0.311 e. The summed E-state index contributed by atoms with van der Waals surface area (Å²) in [5.41, 5.74) is 0.837. The lowest BCUT2D eigenvalue weighted by Crippen LogP contribution is -2.29. The molecule has 0 bridgehead atoms. The molecule has 18 heavy (non-hydrogen) atoms. The molecule has 0 radical (unpaired) electrons. The van der Waals surface area contributed by atoms with E-state index in [1.54, 1.807) is 0 Å². The molecule has 0 fully saturated rings. The molecule has 0 unspecified atom stereocenters. The fourth-order valence-electron chi connectivity index (χ4n) is 1.67. The van der Waals surface area contributed by atoms with E-state index in [4.69, 9.17) is 4.74 Å². The Morgan fingerprint density at radius 3 is 2.56 bits per heavy atom. The minimum absolute atomic E-state index is 0.0810. The van der Waals surface area contributed by atoms with Crippen LogP contribution in [-0.4, -0.2) is 12.6 Å². The lowest BCUT2D eigenvalue weighted by atomic mass is 9.85. The average Bonchev–Trinajstić information content (AvgIpc) is 2.37. The molecule has 0 aromatic heterocycles. The van der Waals surface area contributed by atoms with Gasteiger partial charge >= 0.3 is 5.97 Å². The van der Waals surface area contributed by atoms with Gasteiger partial charge in [0.1, 0.15) is 0 Å². The van der Waals surface area contributed by atoms with Crippen LogP contribution in [0, 0.1) is 5.41 Å². The van der Waals surface area contributed by atoms with Crippen molar-refractivity contribution in [3.05, 3.63) is 34.3 Å². The van der Waals surface area contributed by atoms with Crippen molar-refractivity contribution in [2.45, 2.75) is 40.0 Å². The SMILES string of the molecule is CCC(C)(CC)C(=O)OCCc1cccc(Br)c1. The van der Waals surface area contributed by atoms with E-state index in [1.165, 1.54) is 5.56 Å². The zero-order chi connectivity index (χ0) is 13.6. The smallest absolute Gasteiger partial charge is 0.311 e. The summed E-state index contributed by atoms with van der Waals surface area (Å²) in [7, 11) is 0. The summed E-state index contributed by atoms with van der Waals surface area (Å²) in [4.78, 5) is 12.0. The van der Waals surface area contributed by atoms with Gasteiger partial charge < -0.3 is 4.74 Å². The zero-order valence-electron chi connectivity index (χ0n) is 11.3. The Hall–Kier alpha value is -0.830. The van der Waals surface area contributed by atoms with Crippen LogP contribution in [0.4, 0.5) is 0 Å². The number of benzene rings is 1. The standard InChI is InChI=1S/C15H21BrO2/c1-4-15(3,5-2)14(17)18-10-9-12-7-6-8-13(16)11-12/h6-8,11H,4-5,9-10H2,1-3H3. The number of carbonyl (C=O) groups excluding carboxylic acids is 1. The van der Waals surface area contributed by atoms with E-state index in [2.05, 4.69) is 15.9 Å². The molecule has 0 saturated heterocycles. The van der Waals surface area contributed by atoms with Gasteiger partial charge in [-0.2, -0.15) is 0 Å². The van der Waals surface area contributed by atoms with Gasteiger partial charge in [-0.3, -0.25) is 4.79 Å². The molecule has 0 spiro atoms.